The molecule has 1 saturated heterocycles. The fourth-order valence-electron chi connectivity index (χ4n) is 2.12. The van der Waals surface area contributed by atoms with Gasteiger partial charge >= 0.3 is 5.97 Å². The van der Waals surface area contributed by atoms with Crippen LogP contribution in [-0.2, 0) is 19.1 Å². The molecule has 17 heavy (non-hydrogen) atoms. The van der Waals surface area contributed by atoms with Gasteiger partial charge in [0.25, 0.3) is 0 Å². The Balaban J connectivity index is 2.85. The Morgan fingerprint density at radius 3 is 2.59 bits per heavy atom. The maximum absolute atomic E-state index is 12.0. The Morgan fingerprint density at radius 2 is 2.06 bits per heavy atom. The molecule has 1 atom stereocenters. The number of carbonyl (C=O) groups is 2. The summed E-state index contributed by atoms with van der Waals surface area (Å²) in [5, 5.41) is 0. The van der Waals surface area contributed by atoms with E-state index in [1.54, 1.807) is 6.92 Å². The number of rotatable bonds is 5. The minimum absolute atomic E-state index is 0.0715. The molecule has 0 aliphatic carbocycles. The summed E-state index contributed by atoms with van der Waals surface area (Å²) < 4.78 is 10.5. The van der Waals surface area contributed by atoms with Gasteiger partial charge in [-0.2, -0.15) is 0 Å². The number of hydrogen-bond donors (Lipinski definition) is 0. The maximum atomic E-state index is 12.0. The average molecular weight is 243 g/mol. The van der Waals surface area contributed by atoms with E-state index in [0.29, 0.717) is 26.0 Å². The van der Waals surface area contributed by atoms with E-state index in [4.69, 9.17) is 9.47 Å². The zero-order valence-electron chi connectivity index (χ0n) is 10.8. The van der Waals surface area contributed by atoms with Crippen molar-refractivity contribution in [2.24, 2.45) is 0 Å². The van der Waals surface area contributed by atoms with Crippen molar-refractivity contribution >= 4 is 11.9 Å². The van der Waals surface area contributed by atoms with Gasteiger partial charge < -0.3 is 14.4 Å². The van der Waals surface area contributed by atoms with Gasteiger partial charge in [0.1, 0.15) is 0 Å². The Bertz CT molecular complexity index is 292. The van der Waals surface area contributed by atoms with Gasteiger partial charge in [0, 0.05) is 26.5 Å². The van der Waals surface area contributed by atoms with Gasteiger partial charge in [0.2, 0.25) is 11.6 Å². The first-order valence-corrected chi connectivity index (χ1v) is 6.15. The molecule has 1 heterocycles. The largest absolute Gasteiger partial charge is 0.462 e. The summed E-state index contributed by atoms with van der Waals surface area (Å²) in [6, 6.07) is 0. The minimum Gasteiger partial charge on any atom is -0.462 e. The number of carbonyl (C=O) groups excluding carboxylic acids is 2. The molecule has 0 aromatic rings. The van der Waals surface area contributed by atoms with Gasteiger partial charge in [-0.1, -0.05) is 13.8 Å². The molecule has 0 saturated carbocycles. The molecule has 0 bridgehead atoms. The topological polar surface area (TPSA) is 55.8 Å². The molecule has 0 unspecified atom stereocenters. The van der Waals surface area contributed by atoms with Crippen LogP contribution in [0.25, 0.3) is 0 Å². The van der Waals surface area contributed by atoms with Gasteiger partial charge in [-0.3, -0.25) is 4.79 Å². The molecule has 5 nitrogen and oxygen atoms in total. The lowest BCUT2D eigenvalue weighted by molar-refractivity contribution is -0.193. The van der Waals surface area contributed by atoms with E-state index >= 15 is 0 Å². The van der Waals surface area contributed by atoms with Crippen molar-refractivity contribution in [3.63, 3.8) is 0 Å². The lowest BCUT2D eigenvalue weighted by atomic mass is 10.1. The molecule has 1 aliphatic rings. The fourth-order valence-corrected chi connectivity index (χ4v) is 2.12. The van der Waals surface area contributed by atoms with Crippen molar-refractivity contribution in [3.05, 3.63) is 0 Å². The van der Waals surface area contributed by atoms with Gasteiger partial charge in [-0.25, -0.2) is 4.79 Å². The van der Waals surface area contributed by atoms with Crippen LogP contribution < -0.4 is 0 Å². The lowest BCUT2D eigenvalue weighted by Gasteiger charge is -2.34. The van der Waals surface area contributed by atoms with Crippen molar-refractivity contribution in [3.8, 4) is 0 Å². The summed E-state index contributed by atoms with van der Waals surface area (Å²) in [7, 11) is 1.45. The lowest BCUT2D eigenvalue weighted by Crippen LogP contribution is -2.55. The van der Waals surface area contributed by atoms with Crippen LogP contribution in [0.15, 0.2) is 0 Å². The average Bonchev–Trinajstić information content (AvgIpc) is 2.79. The van der Waals surface area contributed by atoms with Crippen molar-refractivity contribution in [1.29, 1.82) is 0 Å². The summed E-state index contributed by atoms with van der Waals surface area (Å²) in [4.78, 5) is 25.4. The molecule has 1 rings (SSSR count). The van der Waals surface area contributed by atoms with Gasteiger partial charge in [0.05, 0.1) is 6.61 Å². The van der Waals surface area contributed by atoms with Gasteiger partial charge in [0.15, 0.2) is 0 Å². The van der Waals surface area contributed by atoms with Crippen LogP contribution in [0.3, 0.4) is 0 Å². The van der Waals surface area contributed by atoms with Crippen LogP contribution >= 0.6 is 0 Å². The first kappa shape index (κ1) is 14.0. The van der Waals surface area contributed by atoms with Crippen LogP contribution in [-0.4, -0.2) is 42.8 Å². The molecule has 0 aromatic carbocycles. The van der Waals surface area contributed by atoms with Crippen LogP contribution in [0.5, 0.6) is 0 Å². The van der Waals surface area contributed by atoms with E-state index in [1.807, 2.05) is 6.92 Å². The minimum atomic E-state index is -1.19. The van der Waals surface area contributed by atoms with E-state index in [2.05, 4.69) is 0 Å². The van der Waals surface area contributed by atoms with Gasteiger partial charge in [-0.05, 0) is 12.8 Å². The summed E-state index contributed by atoms with van der Waals surface area (Å²) in [5.74, 6) is -0.515. The highest BCUT2D eigenvalue weighted by Gasteiger charge is 2.51. The van der Waals surface area contributed by atoms with E-state index in [1.165, 1.54) is 12.0 Å². The molecular formula is C12H21NO4. The molecule has 1 aliphatic heterocycles. The highest BCUT2D eigenvalue weighted by atomic mass is 16.6. The standard InChI is InChI=1S/C12H21NO4/c1-4-9-17-11(15)12(16-3)7-6-8-13(12)10(14)5-2/h4-9H2,1-3H3/t12-/m1/s1. The quantitative estimate of drug-likeness (QED) is 0.683. The van der Waals surface area contributed by atoms with Crippen molar-refractivity contribution < 1.29 is 19.1 Å². The number of methoxy groups -OCH3 is 1. The third-order valence-electron chi connectivity index (χ3n) is 3.03. The Kier molecular flexibility index (Phi) is 4.93. The third-order valence-corrected chi connectivity index (χ3v) is 3.03. The second-order valence-corrected chi connectivity index (χ2v) is 4.13. The zero-order valence-corrected chi connectivity index (χ0v) is 10.8. The number of amides is 1. The molecule has 0 radical (unpaired) electrons. The first-order valence-electron chi connectivity index (χ1n) is 6.15. The highest BCUT2D eigenvalue weighted by molar-refractivity contribution is 5.87. The molecular weight excluding hydrogens is 222 g/mol. The number of nitrogens with zero attached hydrogens (tertiary/aromatic N) is 1. The molecule has 0 spiro atoms. The number of ether oxygens (including phenoxy) is 2. The molecule has 98 valence electrons. The van der Waals surface area contributed by atoms with E-state index in [-0.39, 0.29) is 5.91 Å². The Hall–Kier alpha value is -1.10. The van der Waals surface area contributed by atoms with Crippen molar-refractivity contribution in [1.82, 2.24) is 4.90 Å². The first-order chi connectivity index (χ1) is 8.12. The van der Waals surface area contributed by atoms with Gasteiger partial charge in [-0.15, -0.1) is 0 Å². The van der Waals surface area contributed by atoms with Crippen LogP contribution in [0.2, 0.25) is 0 Å². The van der Waals surface area contributed by atoms with E-state index in [9.17, 15) is 9.59 Å². The molecule has 0 N–H and O–H groups in total. The summed E-state index contributed by atoms with van der Waals surface area (Å²) in [5.41, 5.74) is -1.19. The zero-order chi connectivity index (χ0) is 12.9. The Labute approximate surface area is 102 Å². The number of esters is 1. The van der Waals surface area contributed by atoms with Crippen LogP contribution in [0.1, 0.15) is 39.5 Å². The predicted molar refractivity (Wildman–Crippen MR) is 62.2 cm³/mol. The monoisotopic (exact) mass is 243 g/mol. The SMILES string of the molecule is CCCOC(=O)[C@]1(OC)CCCN1C(=O)CC. The van der Waals surface area contributed by atoms with Crippen LogP contribution in [0, 0.1) is 0 Å². The van der Waals surface area contributed by atoms with E-state index < -0.39 is 11.7 Å². The highest BCUT2D eigenvalue weighted by Crippen LogP contribution is 2.32. The number of hydrogen-bond acceptors (Lipinski definition) is 4. The third kappa shape index (κ3) is 2.60. The molecule has 0 aromatic heterocycles. The molecule has 5 heteroatoms. The smallest absolute Gasteiger partial charge is 0.360 e. The number of likely N-dealkylation sites (tertiary alicyclic amines) is 1. The second-order valence-electron chi connectivity index (χ2n) is 4.13. The normalized spacial score (nSPS) is 23.8. The Morgan fingerprint density at radius 1 is 1.35 bits per heavy atom. The maximum Gasteiger partial charge on any atom is 0.360 e. The predicted octanol–water partition coefficient (Wildman–Crippen LogP) is 1.31. The molecule has 1 fully saturated rings. The summed E-state index contributed by atoms with van der Waals surface area (Å²) >= 11 is 0. The summed E-state index contributed by atoms with van der Waals surface area (Å²) in [6.07, 6.45) is 2.40. The van der Waals surface area contributed by atoms with Crippen molar-refractivity contribution in [2.45, 2.75) is 45.3 Å². The second kappa shape index (κ2) is 6.00. The fraction of sp³-hybridized carbons (Fsp3) is 0.833. The summed E-state index contributed by atoms with van der Waals surface area (Å²) in [6.45, 7) is 4.62. The van der Waals surface area contributed by atoms with E-state index in [0.717, 1.165) is 12.8 Å². The van der Waals surface area contributed by atoms with Crippen molar-refractivity contribution in [2.75, 3.05) is 20.3 Å². The molecule has 1 amide bonds. The van der Waals surface area contributed by atoms with Crippen LogP contribution in [0.4, 0.5) is 0 Å².